The molecule has 0 spiro atoms. The average Bonchev–Trinajstić information content (AvgIpc) is 3.14. The number of carbonyl (C=O) groups is 3. The lowest BCUT2D eigenvalue weighted by Crippen LogP contribution is -2.26. The predicted molar refractivity (Wildman–Crippen MR) is 135 cm³/mol. The number of ether oxygens (including phenoxy) is 2. The fraction of sp³-hybridized carbons (Fsp3) is 0.385. The van der Waals surface area contributed by atoms with Gasteiger partial charge in [-0.2, -0.15) is 0 Å². The van der Waals surface area contributed by atoms with Crippen molar-refractivity contribution in [2.24, 2.45) is 0 Å². The molecule has 0 saturated heterocycles. The normalized spacial score (nSPS) is 11.8. The summed E-state index contributed by atoms with van der Waals surface area (Å²) in [6.45, 7) is 11.0. The lowest BCUT2D eigenvalue weighted by Gasteiger charge is -2.15. The van der Waals surface area contributed by atoms with Gasteiger partial charge in [-0.25, -0.2) is 14.6 Å². The highest BCUT2D eigenvalue weighted by Gasteiger charge is 2.32. The SMILES string of the molecule is CCOC(=O)c1c(C)oc(NC(=O)C(CC)Sc2cc(C)c3cccc(C)c3n2)c1C(=O)OCC. The molecule has 3 rings (SSSR count). The quantitative estimate of drug-likeness (QED) is 0.299. The molecular weight excluding hydrogens is 468 g/mol. The molecule has 0 fully saturated rings. The van der Waals surface area contributed by atoms with Crippen LogP contribution in [0.3, 0.4) is 0 Å². The van der Waals surface area contributed by atoms with Crippen LogP contribution in [0.2, 0.25) is 0 Å². The number of hydrogen-bond donors (Lipinski definition) is 1. The minimum absolute atomic E-state index is 0.0522. The minimum atomic E-state index is -0.772. The van der Waals surface area contributed by atoms with Crippen LogP contribution in [0, 0.1) is 20.8 Å². The molecule has 2 heterocycles. The number of nitrogens with one attached hydrogen (secondary N) is 1. The van der Waals surface area contributed by atoms with E-state index in [0.717, 1.165) is 27.1 Å². The van der Waals surface area contributed by atoms with Crippen LogP contribution >= 0.6 is 11.8 Å². The zero-order valence-electron chi connectivity index (χ0n) is 20.8. The van der Waals surface area contributed by atoms with E-state index in [0.29, 0.717) is 6.42 Å². The highest BCUT2D eigenvalue weighted by atomic mass is 32.2. The van der Waals surface area contributed by atoms with Crippen LogP contribution in [-0.4, -0.2) is 41.3 Å². The summed E-state index contributed by atoms with van der Waals surface area (Å²) in [6.07, 6.45) is 0.502. The van der Waals surface area contributed by atoms with Crippen molar-refractivity contribution < 1.29 is 28.3 Å². The minimum Gasteiger partial charge on any atom is -0.462 e. The van der Waals surface area contributed by atoms with Gasteiger partial charge in [0.1, 0.15) is 16.9 Å². The van der Waals surface area contributed by atoms with Crippen molar-refractivity contribution in [2.45, 2.75) is 58.2 Å². The lowest BCUT2D eigenvalue weighted by molar-refractivity contribution is -0.115. The maximum absolute atomic E-state index is 13.2. The number of anilines is 1. The number of aromatic nitrogens is 1. The van der Waals surface area contributed by atoms with E-state index >= 15 is 0 Å². The maximum atomic E-state index is 13.2. The fourth-order valence-electron chi connectivity index (χ4n) is 3.73. The van der Waals surface area contributed by atoms with Gasteiger partial charge in [0.2, 0.25) is 11.8 Å². The smallest absolute Gasteiger partial charge is 0.344 e. The summed E-state index contributed by atoms with van der Waals surface area (Å²) in [6, 6.07) is 7.99. The molecule has 1 aromatic carbocycles. The Morgan fingerprint density at radius 2 is 1.66 bits per heavy atom. The van der Waals surface area contributed by atoms with E-state index in [1.165, 1.54) is 18.7 Å². The molecule has 0 aliphatic carbocycles. The summed E-state index contributed by atoms with van der Waals surface area (Å²) in [5.41, 5.74) is 2.83. The summed E-state index contributed by atoms with van der Waals surface area (Å²) >= 11 is 1.33. The number of thioether (sulfide) groups is 1. The number of hydrogen-bond acceptors (Lipinski definition) is 8. The second-order valence-corrected chi connectivity index (χ2v) is 9.15. The monoisotopic (exact) mass is 498 g/mol. The van der Waals surface area contributed by atoms with E-state index in [2.05, 4.69) is 5.32 Å². The van der Waals surface area contributed by atoms with Crippen molar-refractivity contribution in [3.05, 3.63) is 52.3 Å². The van der Waals surface area contributed by atoms with Gasteiger partial charge in [-0.05, 0) is 58.2 Å². The van der Waals surface area contributed by atoms with Gasteiger partial charge in [-0.3, -0.25) is 10.1 Å². The van der Waals surface area contributed by atoms with E-state index in [4.69, 9.17) is 18.9 Å². The third-order valence-corrected chi connectivity index (χ3v) is 6.71. The topological polar surface area (TPSA) is 108 Å². The molecule has 0 aliphatic heterocycles. The first-order valence-corrected chi connectivity index (χ1v) is 12.4. The first-order chi connectivity index (χ1) is 16.7. The van der Waals surface area contributed by atoms with E-state index in [-0.39, 0.29) is 41.9 Å². The van der Waals surface area contributed by atoms with Crippen molar-refractivity contribution in [3.63, 3.8) is 0 Å². The van der Waals surface area contributed by atoms with Gasteiger partial charge < -0.3 is 13.9 Å². The van der Waals surface area contributed by atoms with Crippen LogP contribution < -0.4 is 5.32 Å². The number of esters is 2. The zero-order chi connectivity index (χ0) is 25.7. The van der Waals surface area contributed by atoms with Crippen LogP contribution in [0.25, 0.3) is 10.9 Å². The van der Waals surface area contributed by atoms with E-state index in [1.54, 1.807) is 13.8 Å². The standard InChI is InChI=1S/C26H30N2O6S/c1-7-18(35-19-13-15(5)17-12-10-11-14(4)22(17)27-19)23(29)28-24-21(26(31)33-9-3)20(16(6)34-24)25(30)32-8-2/h10-13,18H,7-9H2,1-6H3,(H,28,29). The number of aryl methyl sites for hydroxylation is 3. The van der Waals surface area contributed by atoms with Gasteiger partial charge in [-0.1, -0.05) is 36.9 Å². The summed E-state index contributed by atoms with van der Waals surface area (Å²) in [5.74, 6) is -1.84. The molecule has 8 nitrogen and oxygen atoms in total. The molecule has 186 valence electrons. The summed E-state index contributed by atoms with van der Waals surface area (Å²) in [5, 5.41) is 3.96. The number of para-hydroxylation sites is 1. The molecular formula is C26H30N2O6S. The van der Waals surface area contributed by atoms with Crippen molar-refractivity contribution in [1.82, 2.24) is 4.98 Å². The number of carbonyl (C=O) groups excluding carboxylic acids is 3. The van der Waals surface area contributed by atoms with Gasteiger partial charge >= 0.3 is 11.9 Å². The highest BCUT2D eigenvalue weighted by Crippen LogP contribution is 2.32. The number of amides is 1. The van der Waals surface area contributed by atoms with Gasteiger partial charge in [0.25, 0.3) is 0 Å². The summed E-state index contributed by atoms with van der Waals surface area (Å²) in [4.78, 5) is 43.1. The maximum Gasteiger partial charge on any atom is 0.344 e. The molecule has 3 aromatic rings. The van der Waals surface area contributed by atoms with Crippen LogP contribution in [0.4, 0.5) is 5.88 Å². The molecule has 0 radical (unpaired) electrons. The molecule has 0 saturated carbocycles. The number of fused-ring (bicyclic) bond motifs is 1. The van der Waals surface area contributed by atoms with Gasteiger partial charge in [0.05, 0.1) is 29.0 Å². The molecule has 1 amide bonds. The van der Waals surface area contributed by atoms with Crippen LogP contribution in [0.1, 0.15) is 64.8 Å². The zero-order valence-corrected chi connectivity index (χ0v) is 21.6. The van der Waals surface area contributed by atoms with Crippen molar-refractivity contribution in [3.8, 4) is 0 Å². The summed E-state index contributed by atoms with van der Waals surface area (Å²) < 4.78 is 15.8. The lowest BCUT2D eigenvalue weighted by atomic mass is 10.1. The molecule has 9 heteroatoms. The molecule has 1 atom stereocenters. The molecule has 1 unspecified atom stereocenters. The molecule has 0 bridgehead atoms. The summed E-state index contributed by atoms with van der Waals surface area (Å²) in [7, 11) is 0. The molecule has 35 heavy (non-hydrogen) atoms. The van der Waals surface area contributed by atoms with Gasteiger partial charge in [0.15, 0.2) is 0 Å². The average molecular weight is 499 g/mol. The number of benzene rings is 1. The molecule has 2 aromatic heterocycles. The second kappa shape index (κ2) is 11.4. The third kappa shape index (κ3) is 5.67. The predicted octanol–water partition coefficient (Wildman–Crippen LogP) is 5.62. The number of nitrogens with zero attached hydrogens (tertiary/aromatic N) is 1. The largest absolute Gasteiger partial charge is 0.462 e. The Morgan fingerprint density at radius 1 is 1.00 bits per heavy atom. The fourth-order valence-corrected chi connectivity index (χ4v) is 4.74. The number of rotatable bonds is 9. The van der Waals surface area contributed by atoms with Crippen molar-refractivity contribution >= 4 is 46.4 Å². The van der Waals surface area contributed by atoms with Crippen LogP contribution in [0.5, 0.6) is 0 Å². The van der Waals surface area contributed by atoms with E-state index in [9.17, 15) is 14.4 Å². The Kier molecular flexibility index (Phi) is 8.56. The van der Waals surface area contributed by atoms with E-state index in [1.807, 2.05) is 45.0 Å². The van der Waals surface area contributed by atoms with Crippen molar-refractivity contribution in [1.29, 1.82) is 0 Å². The van der Waals surface area contributed by atoms with Gasteiger partial charge in [0, 0.05) is 5.39 Å². The van der Waals surface area contributed by atoms with Crippen LogP contribution in [0.15, 0.2) is 33.7 Å². The second-order valence-electron chi connectivity index (χ2n) is 7.93. The Labute approximate surface area is 208 Å². The number of pyridine rings is 1. The number of furan rings is 1. The highest BCUT2D eigenvalue weighted by molar-refractivity contribution is 8.00. The first-order valence-electron chi connectivity index (χ1n) is 11.5. The van der Waals surface area contributed by atoms with E-state index < -0.39 is 17.2 Å². The Balaban J connectivity index is 1.91. The first kappa shape index (κ1) is 26.3. The third-order valence-electron chi connectivity index (χ3n) is 5.43. The molecule has 0 aliphatic rings. The van der Waals surface area contributed by atoms with Crippen molar-refractivity contribution in [2.75, 3.05) is 18.5 Å². The Bertz CT molecular complexity index is 1270. The molecule has 1 N–H and O–H groups in total. The van der Waals surface area contributed by atoms with Gasteiger partial charge in [-0.15, -0.1) is 0 Å². The Hall–Kier alpha value is -3.33. The van der Waals surface area contributed by atoms with Crippen LogP contribution in [-0.2, 0) is 14.3 Å². The Morgan fingerprint density at radius 3 is 2.29 bits per heavy atom.